The summed E-state index contributed by atoms with van der Waals surface area (Å²) in [6.45, 7) is 10.3. The molecule has 0 aliphatic heterocycles. The van der Waals surface area contributed by atoms with Gasteiger partial charge in [-0.2, -0.15) is 0 Å². The zero-order valence-corrected chi connectivity index (χ0v) is 10.5. The van der Waals surface area contributed by atoms with Gasteiger partial charge in [-0.15, -0.1) is 0 Å². The van der Waals surface area contributed by atoms with Gasteiger partial charge in [0.25, 0.3) is 0 Å². The Morgan fingerprint density at radius 3 is 1.73 bits per heavy atom. The summed E-state index contributed by atoms with van der Waals surface area (Å²) in [5, 5.41) is 9.70. The van der Waals surface area contributed by atoms with Crippen LogP contribution in [0.25, 0.3) is 0 Å². The molecule has 0 fully saturated rings. The fraction of sp³-hybridized carbons (Fsp3) is 0.571. The molecule has 1 nitrogen and oxygen atoms in total. The van der Waals surface area contributed by atoms with Crippen LogP contribution in [-0.2, 0) is 11.8 Å². The Labute approximate surface area is 93.1 Å². The molecule has 1 rings (SSSR count). The molecule has 1 N–H and O–H groups in total. The van der Waals surface area contributed by atoms with Crippen molar-refractivity contribution in [3.63, 3.8) is 0 Å². The topological polar surface area (TPSA) is 20.2 Å². The van der Waals surface area contributed by atoms with E-state index in [1.54, 1.807) is 0 Å². The average Bonchev–Trinajstić information content (AvgIpc) is 2.00. The molecule has 0 saturated heterocycles. The lowest BCUT2D eigenvalue weighted by molar-refractivity contribution is 0.0810. The fourth-order valence-electron chi connectivity index (χ4n) is 1.62. The standard InChI is InChI=1S/C14H22O/c1-13(2,3)12-8-6-11(7-9-12)10-14(4,5)15/h6-9,15H,10H2,1-5H3. The number of rotatable bonds is 2. The maximum atomic E-state index is 9.70. The summed E-state index contributed by atoms with van der Waals surface area (Å²) in [5.74, 6) is 0. The van der Waals surface area contributed by atoms with E-state index in [0.717, 1.165) is 0 Å². The maximum absolute atomic E-state index is 9.70. The number of hydrogen-bond donors (Lipinski definition) is 1. The molecular weight excluding hydrogens is 184 g/mol. The van der Waals surface area contributed by atoms with E-state index in [-0.39, 0.29) is 5.41 Å². The predicted molar refractivity (Wildman–Crippen MR) is 65.1 cm³/mol. The van der Waals surface area contributed by atoms with Crippen LogP contribution in [0.15, 0.2) is 24.3 Å². The van der Waals surface area contributed by atoms with Crippen LogP contribution in [0.4, 0.5) is 0 Å². The van der Waals surface area contributed by atoms with E-state index in [2.05, 4.69) is 45.0 Å². The first-order chi connectivity index (χ1) is 6.68. The highest BCUT2D eigenvalue weighted by Crippen LogP contribution is 2.23. The van der Waals surface area contributed by atoms with Crippen molar-refractivity contribution in [2.75, 3.05) is 0 Å². The predicted octanol–water partition coefficient (Wildman–Crippen LogP) is 3.30. The minimum Gasteiger partial charge on any atom is -0.390 e. The van der Waals surface area contributed by atoms with E-state index in [4.69, 9.17) is 0 Å². The fourth-order valence-corrected chi connectivity index (χ4v) is 1.62. The summed E-state index contributed by atoms with van der Waals surface area (Å²) >= 11 is 0. The Hall–Kier alpha value is -0.820. The van der Waals surface area contributed by atoms with Gasteiger partial charge in [0.15, 0.2) is 0 Å². The van der Waals surface area contributed by atoms with Crippen LogP contribution in [0.5, 0.6) is 0 Å². The Morgan fingerprint density at radius 2 is 1.40 bits per heavy atom. The molecule has 15 heavy (non-hydrogen) atoms. The van der Waals surface area contributed by atoms with E-state index in [0.29, 0.717) is 6.42 Å². The largest absolute Gasteiger partial charge is 0.390 e. The average molecular weight is 206 g/mol. The van der Waals surface area contributed by atoms with Crippen LogP contribution in [0.2, 0.25) is 0 Å². The number of hydrogen-bond acceptors (Lipinski definition) is 1. The van der Waals surface area contributed by atoms with Gasteiger partial charge in [-0.3, -0.25) is 0 Å². The summed E-state index contributed by atoms with van der Waals surface area (Å²) < 4.78 is 0. The van der Waals surface area contributed by atoms with Crippen LogP contribution in [0, 0.1) is 0 Å². The van der Waals surface area contributed by atoms with Gasteiger partial charge < -0.3 is 5.11 Å². The first-order valence-electron chi connectivity index (χ1n) is 5.50. The maximum Gasteiger partial charge on any atom is 0.0631 e. The Morgan fingerprint density at radius 1 is 0.933 bits per heavy atom. The van der Waals surface area contributed by atoms with Gasteiger partial charge in [0.2, 0.25) is 0 Å². The summed E-state index contributed by atoms with van der Waals surface area (Å²) in [5.41, 5.74) is 2.11. The van der Waals surface area contributed by atoms with Crippen molar-refractivity contribution in [3.8, 4) is 0 Å². The van der Waals surface area contributed by atoms with Crippen molar-refractivity contribution in [1.82, 2.24) is 0 Å². The van der Waals surface area contributed by atoms with E-state index in [1.165, 1.54) is 11.1 Å². The highest BCUT2D eigenvalue weighted by atomic mass is 16.3. The third-order valence-electron chi connectivity index (χ3n) is 2.46. The minimum atomic E-state index is -0.622. The zero-order valence-electron chi connectivity index (χ0n) is 10.5. The Bertz CT molecular complexity index is 309. The van der Waals surface area contributed by atoms with Gasteiger partial charge in [-0.25, -0.2) is 0 Å². The molecule has 0 bridgehead atoms. The number of aliphatic hydroxyl groups is 1. The van der Waals surface area contributed by atoms with Crippen LogP contribution < -0.4 is 0 Å². The highest BCUT2D eigenvalue weighted by Gasteiger charge is 2.15. The Balaban J connectivity index is 2.82. The molecule has 0 aliphatic carbocycles. The molecule has 1 aromatic carbocycles. The lowest BCUT2D eigenvalue weighted by Crippen LogP contribution is -2.21. The summed E-state index contributed by atoms with van der Waals surface area (Å²) in [7, 11) is 0. The van der Waals surface area contributed by atoms with Gasteiger partial charge in [0.05, 0.1) is 5.60 Å². The second kappa shape index (κ2) is 3.97. The summed E-state index contributed by atoms with van der Waals surface area (Å²) in [4.78, 5) is 0. The molecule has 1 heteroatoms. The third-order valence-corrected chi connectivity index (χ3v) is 2.46. The van der Waals surface area contributed by atoms with E-state index < -0.39 is 5.60 Å². The van der Waals surface area contributed by atoms with Crippen molar-refractivity contribution in [1.29, 1.82) is 0 Å². The second-order valence-corrected chi connectivity index (χ2v) is 5.94. The normalized spacial score (nSPS) is 12.9. The van der Waals surface area contributed by atoms with Crippen molar-refractivity contribution in [2.45, 2.75) is 52.1 Å². The molecule has 0 heterocycles. The molecule has 1 aromatic rings. The molecule has 0 spiro atoms. The van der Waals surface area contributed by atoms with Gasteiger partial charge in [0, 0.05) is 6.42 Å². The summed E-state index contributed by atoms with van der Waals surface area (Å²) in [6, 6.07) is 8.53. The van der Waals surface area contributed by atoms with Crippen LogP contribution in [0.1, 0.15) is 45.7 Å². The van der Waals surface area contributed by atoms with E-state index >= 15 is 0 Å². The molecule has 0 aliphatic rings. The van der Waals surface area contributed by atoms with Gasteiger partial charge >= 0.3 is 0 Å². The van der Waals surface area contributed by atoms with Crippen molar-refractivity contribution in [2.24, 2.45) is 0 Å². The van der Waals surface area contributed by atoms with Crippen LogP contribution >= 0.6 is 0 Å². The zero-order chi connectivity index (χ0) is 11.7. The van der Waals surface area contributed by atoms with Crippen molar-refractivity contribution in [3.05, 3.63) is 35.4 Å². The molecule has 0 unspecified atom stereocenters. The molecule has 0 radical (unpaired) electrons. The van der Waals surface area contributed by atoms with Gasteiger partial charge in [-0.1, -0.05) is 45.0 Å². The first-order valence-corrected chi connectivity index (χ1v) is 5.50. The Kier molecular flexibility index (Phi) is 3.25. The van der Waals surface area contributed by atoms with E-state index in [1.807, 2.05) is 13.8 Å². The lowest BCUT2D eigenvalue weighted by atomic mass is 9.86. The molecule has 0 amide bonds. The molecule has 0 saturated carbocycles. The van der Waals surface area contributed by atoms with Crippen molar-refractivity contribution >= 4 is 0 Å². The molecule has 84 valence electrons. The quantitative estimate of drug-likeness (QED) is 0.787. The minimum absolute atomic E-state index is 0.202. The molecule has 0 aromatic heterocycles. The van der Waals surface area contributed by atoms with Crippen LogP contribution in [-0.4, -0.2) is 10.7 Å². The number of benzene rings is 1. The van der Waals surface area contributed by atoms with E-state index in [9.17, 15) is 5.11 Å². The van der Waals surface area contributed by atoms with Gasteiger partial charge in [-0.05, 0) is 30.4 Å². The van der Waals surface area contributed by atoms with Crippen LogP contribution in [0.3, 0.4) is 0 Å². The molecular formula is C14H22O. The monoisotopic (exact) mass is 206 g/mol. The highest BCUT2D eigenvalue weighted by molar-refractivity contribution is 5.28. The lowest BCUT2D eigenvalue weighted by Gasteiger charge is -2.21. The first kappa shape index (κ1) is 12.3. The van der Waals surface area contributed by atoms with Gasteiger partial charge in [0.1, 0.15) is 0 Å². The summed E-state index contributed by atoms with van der Waals surface area (Å²) in [6.07, 6.45) is 0.706. The second-order valence-electron chi connectivity index (χ2n) is 5.94. The SMILES string of the molecule is CC(C)(O)Cc1ccc(C(C)(C)C)cc1. The third kappa shape index (κ3) is 4.05. The smallest absolute Gasteiger partial charge is 0.0631 e. The molecule has 0 atom stereocenters. The van der Waals surface area contributed by atoms with Crippen molar-refractivity contribution < 1.29 is 5.11 Å².